The van der Waals surface area contributed by atoms with E-state index in [2.05, 4.69) is 10.6 Å². The fraction of sp³-hybridized carbons (Fsp3) is 0.176. The van der Waals surface area contributed by atoms with E-state index in [1.165, 1.54) is 0 Å². The number of ether oxygens (including phenoxy) is 1. The molecule has 1 saturated heterocycles. The van der Waals surface area contributed by atoms with Gasteiger partial charge in [0, 0.05) is 5.56 Å². The summed E-state index contributed by atoms with van der Waals surface area (Å²) < 4.78 is 6.09. The summed E-state index contributed by atoms with van der Waals surface area (Å²) in [6.07, 6.45) is 0.735. The van der Waals surface area contributed by atoms with Gasteiger partial charge in [-0.15, -0.1) is 0 Å². The van der Waals surface area contributed by atoms with Crippen LogP contribution in [-0.2, 0) is 10.3 Å². The van der Waals surface area contributed by atoms with Gasteiger partial charge in [-0.1, -0.05) is 71.2 Å². The Labute approximate surface area is 165 Å². The van der Waals surface area contributed by atoms with Crippen LogP contribution >= 0.6 is 47.0 Å². The molecule has 1 aliphatic heterocycles. The van der Waals surface area contributed by atoms with Gasteiger partial charge in [-0.05, 0) is 23.8 Å². The normalized spacial score (nSPS) is 21.5. The van der Waals surface area contributed by atoms with Crippen LogP contribution in [0.2, 0.25) is 15.1 Å². The first-order valence-electron chi connectivity index (χ1n) is 7.39. The van der Waals surface area contributed by atoms with Crippen LogP contribution in [0.4, 0.5) is 0 Å². The largest absolute Gasteiger partial charge is 0.359 e. The zero-order valence-electron chi connectivity index (χ0n) is 12.9. The summed E-state index contributed by atoms with van der Waals surface area (Å²) in [5.41, 5.74) is 1.13. The lowest BCUT2D eigenvalue weighted by Crippen LogP contribution is -2.39. The van der Waals surface area contributed by atoms with Gasteiger partial charge < -0.3 is 15.4 Å². The third-order valence-corrected chi connectivity index (χ3v) is 5.59. The highest BCUT2D eigenvalue weighted by molar-refractivity contribution is 7.80. The van der Waals surface area contributed by atoms with Gasteiger partial charge >= 0.3 is 0 Å². The van der Waals surface area contributed by atoms with Crippen LogP contribution in [0.5, 0.6) is 0 Å². The summed E-state index contributed by atoms with van der Waals surface area (Å²) in [6.45, 7) is 0.415. The predicted octanol–water partition coefficient (Wildman–Crippen LogP) is 4.68. The molecule has 2 atom stereocenters. The average molecular weight is 415 g/mol. The summed E-state index contributed by atoms with van der Waals surface area (Å²) >= 11 is 23.7. The molecule has 1 heterocycles. The van der Waals surface area contributed by atoms with E-state index >= 15 is 0 Å². The van der Waals surface area contributed by atoms with Crippen LogP contribution in [-0.4, -0.2) is 18.0 Å². The highest BCUT2D eigenvalue weighted by Gasteiger charge is 2.59. The van der Waals surface area contributed by atoms with E-state index in [1.54, 1.807) is 6.07 Å². The van der Waals surface area contributed by atoms with Crippen LogP contribution in [0.1, 0.15) is 17.2 Å². The van der Waals surface area contributed by atoms with Gasteiger partial charge in [0.05, 0.1) is 28.0 Å². The fourth-order valence-electron chi connectivity index (χ4n) is 2.74. The molecule has 2 aromatic rings. The van der Waals surface area contributed by atoms with Crippen molar-refractivity contribution in [3.8, 4) is 0 Å². The molecule has 2 aromatic carbocycles. The third kappa shape index (κ3) is 3.61. The topological polar surface area (TPSA) is 60.4 Å². The molecule has 4 nitrogen and oxygen atoms in total. The molecule has 0 amide bonds. The molecule has 130 valence electrons. The zero-order chi connectivity index (χ0) is 18.0. The Kier molecular flexibility index (Phi) is 5.51. The minimum absolute atomic E-state index is 0.285. The van der Waals surface area contributed by atoms with E-state index < -0.39 is 5.60 Å². The predicted molar refractivity (Wildman–Crippen MR) is 106 cm³/mol. The first-order chi connectivity index (χ1) is 12.0. The molecule has 1 aliphatic rings. The van der Waals surface area contributed by atoms with E-state index in [0.717, 1.165) is 17.5 Å². The molecule has 25 heavy (non-hydrogen) atoms. The van der Waals surface area contributed by atoms with Gasteiger partial charge in [-0.2, -0.15) is 0 Å². The van der Waals surface area contributed by atoms with Crippen LogP contribution in [0.3, 0.4) is 0 Å². The van der Waals surface area contributed by atoms with Gasteiger partial charge in [-0.25, -0.2) is 0 Å². The minimum atomic E-state index is -0.629. The highest BCUT2D eigenvalue weighted by atomic mass is 35.5. The van der Waals surface area contributed by atoms with Crippen molar-refractivity contribution in [3.05, 3.63) is 68.7 Å². The van der Waals surface area contributed by atoms with Crippen molar-refractivity contribution in [1.29, 1.82) is 5.41 Å². The Bertz CT molecular complexity index is 818. The molecule has 8 heteroatoms. The molecule has 1 fully saturated rings. The Morgan fingerprint density at radius 2 is 1.88 bits per heavy atom. The maximum Gasteiger partial charge on any atom is 0.171 e. The Morgan fingerprint density at radius 1 is 1.16 bits per heavy atom. The maximum absolute atomic E-state index is 7.05. The molecule has 0 bridgehead atoms. The first kappa shape index (κ1) is 18.4. The van der Waals surface area contributed by atoms with Crippen molar-refractivity contribution in [2.75, 3.05) is 6.54 Å². The summed E-state index contributed by atoms with van der Waals surface area (Å²) in [7, 11) is 0. The lowest BCUT2D eigenvalue weighted by Gasteiger charge is -2.16. The maximum atomic E-state index is 7.05. The molecule has 0 spiro atoms. The second-order valence-electron chi connectivity index (χ2n) is 5.49. The van der Waals surface area contributed by atoms with Gasteiger partial charge in [0.1, 0.15) is 11.7 Å². The summed E-state index contributed by atoms with van der Waals surface area (Å²) in [5.74, 6) is 0. The smallest absolute Gasteiger partial charge is 0.171 e. The standard InChI is InChI=1S/C17H14Cl3N3OS/c18-12-7-6-11(13(19)14(12)20)15-17(24-15,8-22-16(25)23-9-21)10-4-2-1-3-5-10/h1-7,9,15H,8H2,(H3,21,22,23,25)/t15?,17-/m1/s1. The second-order valence-corrected chi connectivity index (χ2v) is 7.06. The highest BCUT2D eigenvalue weighted by Crippen LogP contribution is 2.58. The number of epoxide rings is 1. The van der Waals surface area contributed by atoms with Gasteiger partial charge in [0.15, 0.2) is 5.11 Å². The number of thiocarbonyl (C=S) groups is 1. The van der Waals surface area contributed by atoms with E-state index in [-0.39, 0.29) is 6.10 Å². The van der Waals surface area contributed by atoms with Crippen molar-refractivity contribution in [3.63, 3.8) is 0 Å². The number of hydrogen-bond donors (Lipinski definition) is 3. The lowest BCUT2D eigenvalue weighted by molar-refractivity contribution is 0.296. The summed E-state index contributed by atoms with van der Waals surface area (Å²) in [6, 6.07) is 13.3. The average Bonchev–Trinajstić information content (AvgIpc) is 3.35. The number of rotatable bonds is 5. The molecular formula is C17H14Cl3N3OS. The van der Waals surface area contributed by atoms with Crippen molar-refractivity contribution in [1.82, 2.24) is 10.6 Å². The van der Waals surface area contributed by atoms with Gasteiger partial charge in [0.25, 0.3) is 0 Å². The van der Waals surface area contributed by atoms with Crippen LogP contribution in [0.25, 0.3) is 0 Å². The molecular weight excluding hydrogens is 401 g/mol. The Morgan fingerprint density at radius 3 is 2.56 bits per heavy atom. The van der Waals surface area contributed by atoms with Crippen molar-refractivity contribution < 1.29 is 4.74 Å². The number of halogens is 3. The van der Waals surface area contributed by atoms with Crippen molar-refractivity contribution in [2.24, 2.45) is 0 Å². The molecule has 0 saturated carbocycles. The molecule has 1 unspecified atom stereocenters. The van der Waals surface area contributed by atoms with E-state index in [9.17, 15) is 0 Å². The third-order valence-electron chi connectivity index (χ3n) is 4.02. The van der Waals surface area contributed by atoms with Crippen molar-refractivity contribution in [2.45, 2.75) is 11.7 Å². The van der Waals surface area contributed by atoms with Crippen molar-refractivity contribution >= 4 is 58.5 Å². The molecule has 0 radical (unpaired) electrons. The number of nitrogens with one attached hydrogen (secondary N) is 3. The van der Waals surface area contributed by atoms with Gasteiger partial charge in [-0.3, -0.25) is 5.41 Å². The number of hydrogen-bond acceptors (Lipinski definition) is 3. The number of benzene rings is 2. The quantitative estimate of drug-likeness (QED) is 0.218. The van der Waals surface area contributed by atoms with Crippen LogP contribution in [0, 0.1) is 5.41 Å². The second kappa shape index (κ2) is 7.48. The van der Waals surface area contributed by atoms with E-state index in [1.807, 2.05) is 36.4 Å². The first-order valence-corrected chi connectivity index (χ1v) is 8.94. The van der Waals surface area contributed by atoms with Crippen LogP contribution in [0.15, 0.2) is 42.5 Å². The molecule has 3 rings (SSSR count). The van der Waals surface area contributed by atoms with Crippen LogP contribution < -0.4 is 10.6 Å². The lowest BCUT2D eigenvalue weighted by atomic mass is 9.91. The summed E-state index contributed by atoms with van der Waals surface area (Å²) in [4.78, 5) is 0. The van der Waals surface area contributed by atoms with Gasteiger partial charge in [0.2, 0.25) is 0 Å². The molecule has 0 aromatic heterocycles. The SMILES string of the molecule is N=CNC(=S)NC[C@]1(c2ccccc2)OC1c1ccc(Cl)c(Cl)c1Cl. The molecule has 0 aliphatic carbocycles. The van der Waals surface area contributed by atoms with E-state index in [4.69, 9.17) is 57.2 Å². The summed E-state index contributed by atoms with van der Waals surface area (Å²) in [5, 5.41) is 14.2. The Balaban J connectivity index is 1.92. The Hall–Kier alpha value is -1.37. The fourth-order valence-corrected chi connectivity index (χ4v) is 3.51. The van der Waals surface area contributed by atoms with E-state index in [0.29, 0.717) is 26.7 Å². The zero-order valence-corrected chi connectivity index (χ0v) is 15.9. The minimum Gasteiger partial charge on any atom is -0.359 e. The molecule has 3 N–H and O–H groups in total. The monoisotopic (exact) mass is 413 g/mol.